The first-order chi connectivity index (χ1) is 17.5. The molecular weight excluding hydrogens is 482 g/mol. The van der Waals surface area contributed by atoms with E-state index in [9.17, 15) is 4.79 Å². The highest BCUT2D eigenvalue weighted by atomic mass is 28.4. The summed E-state index contributed by atoms with van der Waals surface area (Å²) >= 11 is 0. The van der Waals surface area contributed by atoms with Crippen LogP contribution in [0.15, 0.2) is 67.3 Å². The second-order valence-electron chi connectivity index (χ2n) is 11.2. The molecule has 6 nitrogen and oxygen atoms in total. The van der Waals surface area contributed by atoms with Crippen molar-refractivity contribution in [2.24, 2.45) is 0 Å². The number of carbonyl (C=O) groups is 1. The Balaban J connectivity index is 1.76. The van der Waals surface area contributed by atoms with Gasteiger partial charge in [-0.15, -0.1) is 6.58 Å². The largest absolute Gasteiger partial charge is 0.497 e. The maximum atomic E-state index is 13.4. The number of carbonyl (C=O) groups excluding carboxylic acids is 1. The van der Waals surface area contributed by atoms with E-state index >= 15 is 0 Å². The van der Waals surface area contributed by atoms with E-state index in [2.05, 4.69) is 40.4 Å². The molecule has 0 unspecified atom stereocenters. The van der Waals surface area contributed by atoms with Crippen LogP contribution in [0, 0.1) is 0 Å². The summed E-state index contributed by atoms with van der Waals surface area (Å²) in [6.45, 7) is 16.3. The summed E-state index contributed by atoms with van der Waals surface area (Å²) in [6.07, 6.45) is 2.56. The van der Waals surface area contributed by atoms with Gasteiger partial charge in [-0.2, -0.15) is 0 Å². The van der Waals surface area contributed by atoms with Crippen LogP contribution in [-0.2, 0) is 27.1 Å². The van der Waals surface area contributed by atoms with Gasteiger partial charge in [-0.25, -0.2) is 4.79 Å². The Morgan fingerprint density at radius 3 is 2.32 bits per heavy atom. The van der Waals surface area contributed by atoms with Crippen LogP contribution in [0.4, 0.5) is 4.79 Å². The van der Waals surface area contributed by atoms with Gasteiger partial charge in [-0.05, 0) is 54.2 Å². The molecule has 1 aliphatic rings. The second kappa shape index (κ2) is 12.8. The number of benzene rings is 2. The monoisotopic (exact) mass is 525 g/mol. The molecule has 2 aromatic rings. The van der Waals surface area contributed by atoms with Crippen LogP contribution in [-0.4, -0.2) is 51.2 Å². The number of hydrogen-bond donors (Lipinski definition) is 0. The predicted octanol–water partition coefficient (Wildman–Crippen LogP) is 6.96. The minimum absolute atomic E-state index is 0.0629. The zero-order chi connectivity index (χ0) is 27.1. The van der Waals surface area contributed by atoms with Crippen molar-refractivity contribution < 1.29 is 23.4 Å². The van der Waals surface area contributed by atoms with Crippen molar-refractivity contribution in [3.8, 4) is 5.75 Å². The van der Waals surface area contributed by atoms with Crippen molar-refractivity contribution in [2.75, 3.05) is 13.7 Å². The molecule has 0 spiro atoms. The molecule has 1 amide bonds. The van der Waals surface area contributed by atoms with E-state index in [0.29, 0.717) is 26.0 Å². The van der Waals surface area contributed by atoms with Crippen molar-refractivity contribution in [3.05, 3.63) is 78.4 Å². The first-order valence-corrected chi connectivity index (χ1v) is 16.0. The van der Waals surface area contributed by atoms with Gasteiger partial charge < -0.3 is 18.6 Å². The SMILES string of the molecule is C=CC[C@@H](OCc1ccc(OC)cc1)[C@@H]1C[C@@H](O[Si](C)(C)C(C)(C)C)CN1C(=O)OCc1ccccc1. The lowest BCUT2D eigenvalue weighted by molar-refractivity contribution is -0.0115. The van der Waals surface area contributed by atoms with Gasteiger partial charge in [-0.1, -0.05) is 69.3 Å². The first-order valence-electron chi connectivity index (χ1n) is 13.0. The number of amides is 1. The molecule has 1 heterocycles. The van der Waals surface area contributed by atoms with Crippen LogP contribution in [0.2, 0.25) is 18.1 Å². The molecule has 1 saturated heterocycles. The van der Waals surface area contributed by atoms with E-state index in [1.54, 1.807) is 7.11 Å². The summed E-state index contributed by atoms with van der Waals surface area (Å²) in [5.41, 5.74) is 2.00. The zero-order valence-electron chi connectivity index (χ0n) is 23.2. The fourth-order valence-corrected chi connectivity index (χ4v) is 5.65. The van der Waals surface area contributed by atoms with Gasteiger partial charge in [0.05, 0.1) is 32.0 Å². The zero-order valence-corrected chi connectivity index (χ0v) is 24.2. The molecule has 2 aromatic carbocycles. The van der Waals surface area contributed by atoms with Crippen LogP contribution in [0.25, 0.3) is 0 Å². The fourth-order valence-electron chi connectivity index (χ4n) is 4.29. The lowest BCUT2D eigenvalue weighted by Crippen LogP contribution is -2.45. The number of ether oxygens (including phenoxy) is 3. The van der Waals surface area contributed by atoms with Crippen LogP contribution in [0.5, 0.6) is 5.75 Å². The Bertz CT molecular complexity index is 1000. The third-order valence-corrected chi connectivity index (χ3v) is 12.0. The molecule has 3 atom stereocenters. The number of nitrogens with zero attached hydrogens (tertiary/aromatic N) is 1. The fraction of sp³-hybridized carbons (Fsp3) is 0.500. The Kier molecular flexibility index (Phi) is 9.98. The lowest BCUT2D eigenvalue weighted by Gasteiger charge is -2.38. The summed E-state index contributed by atoms with van der Waals surface area (Å²) < 4.78 is 24.2. The van der Waals surface area contributed by atoms with Gasteiger partial charge in [0.15, 0.2) is 8.32 Å². The Labute approximate surface area is 223 Å². The van der Waals surface area contributed by atoms with Crippen LogP contribution < -0.4 is 4.74 Å². The Hall–Kier alpha value is -2.61. The number of hydrogen-bond acceptors (Lipinski definition) is 5. The van der Waals surface area contributed by atoms with Crippen LogP contribution in [0.1, 0.15) is 44.7 Å². The van der Waals surface area contributed by atoms with Gasteiger partial charge in [0.1, 0.15) is 12.4 Å². The summed E-state index contributed by atoms with van der Waals surface area (Å²) in [5.74, 6) is 0.806. The van der Waals surface area contributed by atoms with E-state index in [0.717, 1.165) is 16.9 Å². The first kappa shape index (κ1) is 29.0. The summed E-state index contributed by atoms with van der Waals surface area (Å²) in [6, 6.07) is 17.4. The van der Waals surface area contributed by atoms with Crippen molar-refractivity contribution in [1.82, 2.24) is 4.90 Å². The summed E-state index contributed by atoms with van der Waals surface area (Å²) in [4.78, 5) is 15.2. The van der Waals surface area contributed by atoms with Crippen molar-refractivity contribution in [2.45, 2.75) is 83.2 Å². The summed E-state index contributed by atoms with van der Waals surface area (Å²) in [7, 11) is -0.368. The van der Waals surface area contributed by atoms with Gasteiger partial charge in [0.25, 0.3) is 0 Å². The predicted molar refractivity (Wildman–Crippen MR) is 150 cm³/mol. The highest BCUT2D eigenvalue weighted by Gasteiger charge is 2.46. The van der Waals surface area contributed by atoms with Gasteiger partial charge in [0.2, 0.25) is 0 Å². The maximum Gasteiger partial charge on any atom is 0.410 e. The van der Waals surface area contributed by atoms with E-state index < -0.39 is 8.32 Å². The molecule has 1 fully saturated rings. The Morgan fingerprint density at radius 1 is 1.08 bits per heavy atom. The van der Waals surface area contributed by atoms with Crippen molar-refractivity contribution in [3.63, 3.8) is 0 Å². The molecule has 202 valence electrons. The van der Waals surface area contributed by atoms with Crippen LogP contribution >= 0.6 is 0 Å². The van der Waals surface area contributed by atoms with Gasteiger partial charge in [-0.3, -0.25) is 4.90 Å². The van der Waals surface area contributed by atoms with Crippen molar-refractivity contribution >= 4 is 14.4 Å². The minimum Gasteiger partial charge on any atom is -0.497 e. The quantitative estimate of drug-likeness (QED) is 0.234. The molecule has 0 saturated carbocycles. The lowest BCUT2D eigenvalue weighted by atomic mass is 10.0. The molecule has 0 radical (unpaired) electrons. The van der Waals surface area contributed by atoms with Gasteiger partial charge in [0, 0.05) is 6.54 Å². The molecule has 3 rings (SSSR count). The topological polar surface area (TPSA) is 57.2 Å². The van der Waals surface area contributed by atoms with Gasteiger partial charge >= 0.3 is 6.09 Å². The molecule has 1 aliphatic heterocycles. The third kappa shape index (κ3) is 7.93. The molecule has 37 heavy (non-hydrogen) atoms. The molecule has 0 bridgehead atoms. The maximum absolute atomic E-state index is 13.4. The second-order valence-corrected chi connectivity index (χ2v) is 16.0. The van der Waals surface area contributed by atoms with E-state index in [4.69, 9.17) is 18.6 Å². The highest BCUT2D eigenvalue weighted by Crippen LogP contribution is 2.39. The smallest absolute Gasteiger partial charge is 0.410 e. The molecule has 0 aliphatic carbocycles. The number of methoxy groups -OCH3 is 1. The molecular formula is C30H43NO5Si. The van der Waals surface area contributed by atoms with E-state index in [1.165, 1.54) is 0 Å². The molecule has 7 heteroatoms. The van der Waals surface area contributed by atoms with E-state index in [1.807, 2.05) is 65.6 Å². The summed E-state index contributed by atoms with van der Waals surface area (Å²) in [5, 5.41) is 0.0785. The van der Waals surface area contributed by atoms with E-state index in [-0.39, 0.29) is 36.0 Å². The van der Waals surface area contributed by atoms with Crippen molar-refractivity contribution in [1.29, 1.82) is 0 Å². The number of likely N-dealkylation sites (tertiary alicyclic amines) is 1. The highest BCUT2D eigenvalue weighted by molar-refractivity contribution is 6.74. The standard InChI is InChI=1S/C30H43NO5Si/c1-8-12-28(34-21-24-15-17-25(33-5)18-16-24)27-19-26(36-37(6,7)30(2,3)4)20-31(27)29(32)35-22-23-13-10-9-11-14-23/h8-11,13-18,26-28H,1,12,19-22H2,2-7H3/t26-,27+,28-/m1/s1. The Morgan fingerprint density at radius 2 is 1.73 bits per heavy atom. The average Bonchev–Trinajstić information content (AvgIpc) is 3.28. The average molecular weight is 526 g/mol. The van der Waals surface area contributed by atoms with Crippen LogP contribution in [0.3, 0.4) is 0 Å². The third-order valence-electron chi connectivity index (χ3n) is 7.46. The normalized spacial score (nSPS) is 18.9. The molecule has 0 N–H and O–H groups in total. The number of rotatable bonds is 11. The molecule has 0 aromatic heterocycles. The minimum atomic E-state index is -2.02.